The molecule has 0 aliphatic carbocycles. The van der Waals surface area contributed by atoms with E-state index in [1.54, 1.807) is 0 Å². The maximum Gasteiger partial charge on any atom is 0.315 e. The average molecular weight is 188 g/mol. The predicted molar refractivity (Wildman–Crippen MR) is 52.5 cm³/mol. The molecule has 0 saturated heterocycles. The minimum absolute atomic E-state index is 0.121. The molecule has 78 valence electrons. The Morgan fingerprint density at radius 3 is 2.23 bits per heavy atom. The Balaban J connectivity index is 3.58. The van der Waals surface area contributed by atoms with Gasteiger partial charge < -0.3 is 15.7 Å². The monoisotopic (exact) mass is 188 g/mol. The number of rotatable bonds is 4. The average Bonchev–Trinajstić information content (AvgIpc) is 1.98. The van der Waals surface area contributed by atoms with Crippen molar-refractivity contribution in [3.63, 3.8) is 0 Å². The lowest BCUT2D eigenvalue weighted by molar-refractivity contribution is 0.125. The number of nitrogens with one attached hydrogen (secondary N) is 2. The van der Waals surface area contributed by atoms with Crippen LogP contribution < -0.4 is 10.6 Å². The second kappa shape index (κ2) is 5.80. The zero-order valence-corrected chi connectivity index (χ0v) is 8.79. The molecule has 1 unspecified atom stereocenters. The molecule has 0 heterocycles. The molecule has 4 nitrogen and oxygen atoms in total. The smallest absolute Gasteiger partial charge is 0.315 e. The van der Waals surface area contributed by atoms with Crippen LogP contribution in [0.15, 0.2) is 0 Å². The lowest BCUT2D eigenvalue weighted by Gasteiger charge is -2.16. The van der Waals surface area contributed by atoms with Gasteiger partial charge >= 0.3 is 6.03 Å². The van der Waals surface area contributed by atoms with E-state index in [0.717, 1.165) is 0 Å². The summed E-state index contributed by atoms with van der Waals surface area (Å²) in [5, 5.41) is 14.6. The highest BCUT2D eigenvalue weighted by Crippen LogP contribution is 1.98. The van der Waals surface area contributed by atoms with Crippen LogP contribution in [-0.4, -0.2) is 29.8 Å². The number of hydrogen-bond donors (Lipinski definition) is 3. The van der Waals surface area contributed by atoms with E-state index in [-0.39, 0.29) is 18.0 Å². The van der Waals surface area contributed by atoms with Gasteiger partial charge in [0, 0.05) is 12.6 Å². The molecule has 0 aliphatic heterocycles. The van der Waals surface area contributed by atoms with Gasteiger partial charge in [0.25, 0.3) is 0 Å². The molecule has 0 radical (unpaired) electrons. The van der Waals surface area contributed by atoms with Crippen molar-refractivity contribution in [2.75, 3.05) is 6.54 Å². The van der Waals surface area contributed by atoms with Gasteiger partial charge in [0.1, 0.15) is 0 Å². The van der Waals surface area contributed by atoms with Crippen molar-refractivity contribution in [2.24, 2.45) is 5.92 Å². The van der Waals surface area contributed by atoms with Gasteiger partial charge in [0.05, 0.1) is 6.10 Å². The molecule has 3 N–H and O–H groups in total. The fourth-order valence-corrected chi connectivity index (χ4v) is 0.746. The minimum atomic E-state index is -0.474. The van der Waals surface area contributed by atoms with Crippen molar-refractivity contribution in [1.82, 2.24) is 10.6 Å². The third-order valence-corrected chi connectivity index (χ3v) is 1.66. The Morgan fingerprint density at radius 1 is 1.31 bits per heavy atom. The third-order valence-electron chi connectivity index (χ3n) is 1.66. The number of aliphatic hydroxyl groups excluding tert-OH is 1. The van der Waals surface area contributed by atoms with Crippen molar-refractivity contribution >= 4 is 6.03 Å². The van der Waals surface area contributed by atoms with Crippen LogP contribution in [-0.2, 0) is 0 Å². The van der Waals surface area contributed by atoms with Crippen LogP contribution in [0.4, 0.5) is 4.79 Å². The quantitative estimate of drug-likeness (QED) is 0.608. The molecule has 13 heavy (non-hydrogen) atoms. The Morgan fingerprint density at radius 2 is 1.85 bits per heavy atom. The summed E-state index contributed by atoms with van der Waals surface area (Å²) in [7, 11) is 0. The summed E-state index contributed by atoms with van der Waals surface area (Å²) in [6.07, 6.45) is -0.474. The minimum Gasteiger partial charge on any atom is -0.391 e. The molecule has 0 aromatic heterocycles. The summed E-state index contributed by atoms with van der Waals surface area (Å²) in [5.41, 5.74) is 0. The predicted octanol–water partition coefficient (Wildman–Crippen LogP) is 0.711. The molecule has 0 saturated carbocycles. The van der Waals surface area contributed by atoms with Gasteiger partial charge in [-0.1, -0.05) is 13.8 Å². The summed E-state index contributed by atoms with van der Waals surface area (Å²) in [6.45, 7) is 7.90. The second-order valence-corrected chi connectivity index (χ2v) is 3.82. The first kappa shape index (κ1) is 12.2. The van der Waals surface area contributed by atoms with E-state index in [4.69, 9.17) is 0 Å². The topological polar surface area (TPSA) is 61.4 Å². The van der Waals surface area contributed by atoms with Crippen molar-refractivity contribution in [3.8, 4) is 0 Å². The second-order valence-electron chi connectivity index (χ2n) is 3.82. The summed E-state index contributed by atoms with van der Waals surface area (Å²) in [4.78, 5) is 11.0. The van der Waals surface area contributed by atoms with Crippen LogP contribution in [0, 0.1) is 5.92 Å². The molecule has 0 aromatic rings. The summed E-state index contributed by atoms with van der Waals surface area (Å²) < 4.78 is 0. The first-order valence-corrected chi connectivity index (χ1v) is 4.66. The van der Waals surface area contributed by atoms with E-state index in [1.807, 2.05) is 27.7 Å². The van der Waals surface area contributed by atoms with Gasteiger partial charge in [-0.2, -0.15) is 0 Å². The highest BCUT2D eigenvalue weighted by molar-refractivity contribution is 5.74. The summed E-state index contributed by atoms with van der Waals surface area (Å²) >= 11 is 0. The normalized spacial score (nSPS) is 13.2. The van der Waals surface area contributed by atoms with Crippen LogP contribution in [0.1, 0.15) is 27.7 Å². The molecule has 1 atom stereocenters. The van der Waals surface area contributed by atoms with E-state index in [9.17, 15) is 9.90 Å². The number of urea groups is 1. The van der Waals surface area contributed by atoms with Crippen LogP contribution in [0.2, 0.25) is 0 Å². The highest BCUT2D eigenvalue weighted by Gasteiger charge is 2.10. The largest absolute Gasteiger partial charge is 0.391 e. The van der Waals surface area contributed by atoms with Crippen LogP contribution in [0.5, 0.6) is 0 Å². The number of hydrogen-bond acceptors (Lipinski definition) is 2. The van der Waals surface area contributed by atoms with Gasteiger partial charge in [0.15, 0.2) is 0 Å². The van der Waals surface area contributed by atoms with E-state index < -0.39 is 6.10 Å². The number of carbonyl (C=O) groups excluding carboxylic acids is 1. The van der Waals surface area contributed by atoms with Gasteiger partial charge in [-0.15, -0.1) is 0 Å². The molecular weight excluding hydrogens is 168 g/mol. The lowest BCUT2D eigenvalue weighted by Crippen LogP contribution is -2.43. The number of aliphatic hydroxyl groups is 1. The molecule has 0 rings (SSSR count). The zero-order valence-electron chi connectivity index (χ0n) is 8.79. The SMILES string of the molecule is CC(C)NC(=O)NCC(O)C(C)C. The Hall–Kier alpha value is -0.770. The standard InChI is InChI=1S/C9H20N2O2/c1-6(2)8(12)5-10-9(13)11-7(3)4/h6-8,12H,5H2,1-4H3,(H2,10,11,13). The Kier molecular flexibility index (Phi) is 5.46. The molecule has 4 heteroatoms. The van der Waals surface area contributed by atoms with E-state index in [2.05, 4.69) is 10.6 Å². The molecule has 0 aliphatic rings. The molecule has 0 fully saturated rings. The first-order chi connectivity index (χ1) is 5.93. The molecule has 0 spiro atoms. The third kappa shape index (κ3) is 6.40. The maximum absolute atomic E-state index is 11.0. The van der Waals surface area contributed by atoms with Gasteiger partial charge in [-0.3, -0.25) is 0 Å². The van der Waals surface area contributed by atoms with Crippen LogP contribution >= 0.6 is 0 Å². The fraction of sp³-hybridized carbons (Fsp3) is 0.889. The lowest BCUT2D eigenvalue weighted by atomic mass is 10.1. The molecule has 0 aromatic carbocycles. The molecule has 0 bridgehead atoms. The zero-order chi connectivity index (χ0) is 10.4. The van der Waals surface area contributed by atoms with E-state index >= 15 is 0 Å². The van der Waals surface area contributed by atoms with Crippen molar-refractivity contribution in [2.45, 2.75) is 39.8 Å². The first-order valence-electron chi connectivity index (χ1n) is 4.66. The van der Waals surface area contributed by atoms with Gasteiger partial charge in [0.2, 0.25) is 0 Å². The molecular formula is C9H20N2O2. The van der Waals surface area contributed by atoms with Crippen LogP contribution in [0.3, 0.4) is 0 Å². The summed E-state index contributed by atoms with van der Waals surface area (Å²) in [5.74, 6) is 0.166. The van der Waals surface area contributed by atoms with Crippen molar-refractivity contribution in [3.05, 3.63) is 0 Å². The van der Waals surface area contributed by atoms with Crippen molar-refractivity contribution < 1.29 is 9.90 Å². The van der Waals surface area contributed by atoms with Gasteiger partial charge in [-0.25, -0.2) is 4.79 Å². The maximum atomic E-state index is 11.0. The van der Waals surface area contributed by atoms with Gasteiger partial charge in [-0.05, 0) is 19.8 Å². The fourth-order valence-electron chi connectivity index (χ4n) is 0.746. The molecule has 2 amide bonds. The number of carbonyl (C=O) groups is 1. The van der Waals surface area contributed by atoms with Crippen LogP contribution in [0.25, 0.3) is 0 Å². The summed E-state index contributed by atoms with van der Waals surface area (Å²) in [6, 6.07) is -0.106. The highest BCUT2D eigenvalue weighted by atomic mass is 16.3. The Labute approximate surface area is 79.7 Å². The van der Waals surface area contributed by atoms with E-state index in [0.29, 0.717) is 6.54 Å². The Bertz CT molecular complexity index is 158. The van der Waals surface area contributed by atoms with Crippen molar-refractivity contribution in [1.29, 1.82) is 0 Å². The van der Waals surface area contributed by atoms with E-state index in [1.165, 1.54) is 0 Å². The number of amides is 2.